The Kier molecular flexibility index (Phi) is 4.08. The number of aliphatic carboxylic acids is 1. The molecule has 0 saturated carbocycles. The van der Waals surface area contributed by atoms with Crippen LogP contribution in [0.5, 0.6) is 0 Å². The highest BCUT2D eigenvalue weighted by atomic mass is 16.4. The van der Waals surface area contributed by atoms with Gasteiger partial charge in [-0.1, -0.05) is 20.8 Å². The SMILES string of the molecule is CCC(CC(C)C)C(=O)[O-]. The molecular weight excluding hydrogens is 128 g/mol. The van der Waals surface area contributed by atoms with Gasteiger partial charge in [-0.25, -0.2) is 0 Å². The van der Waals surface area contributed by atoms with Gasteiger partial charge in [-0.2, -0.15) is 0 Å². The summed E-state index contributed by atoms with van der Waals surface area (Å²) in [6.45, 7) is 5.92. The van der Waals surface area contributed by atoms with Gasteiger partial charge in [0, 0.05) is 5.97 Å². The molecule has 0 N–H and O–H groups in total. The molecule has 0 aliphatic rings. The van der Waals surface area contributed by atoms with Crippen molar-refractivity contribution in [1.82, 2.24) is 0 Å². The highest BCUT2D eigenvalue weighted by molar-refractivity contribution is 5.67. The molecule has 0 amide bonds. The highest BCUT2D eigenvalue weighted by Gasteiger charge is 2.08. The zero-order chi connectivity index (χ0) is 8.15. The molecule has 1 unspecified atom stereocenters. The molecule has 2 heteroatoms. The van der Waals surface area contributed by atoms with Crippen LogP contribution >= 0.6 is 0 Å². The normalized spacial score (nSPS) is 13.6. The van der Waals surface area contributed by atoms with Crippen LogP contribution in [0.15, 0.2) is 0 Å². The molecule has 2 nitrogen and oxygen atoms in total. The Hall–Kier alpha value is -0.530. The van der Waals surface area contributed by atoms with Crippen LogP contribution in [0.4, 0.5) is 0 Å². The summed E-state index contributed by atoms with van der Waals surface area (Å²) in [7, 11) is 0. The summed E-state index contributed by atoms with van der Waals surface area (Å²) < 4.78 is 0. The van der Waals surface area contributed by atoms with Crippen molar-refractivity contribution in [3.05, 3.63) is 0 Å². The molecule has 0 aromatic rings. The first kappa shape index (κ1) is 9.47. The summed E-state index contributed by atoms with van der Waals surface area (Å²) in [5.74, 6) is -0.709. The third-order valence-electron chi connectivity index (χ3n) is 1.58. The fourth-order valence-electron chi connectivity index (χ4n) is 0.999. The molecule has 1 atom stereocenters. The monoisotopic (exact) mass is 143 g/mol. The van der Waals surface area contributed by atoms with Gasteiger partial charge in [0.15, 0.2) is 0 Å². The summed E-state index contributed by atoms with van der Waals surface area (Å²) in [5, 5.41) is 10.4. The van der Waals surface area contributed by atoms with Crippen LogP contribution in [-0.2, 0) is 4.79 Å². The third kappa shape index (κ3) is 3.49. The maximum Gasteiger partial charge on any atom is 0.0445 e. The van der Waals surface area contributed by atoms with Gasteiger partial charge in [-0.3, -0.25) is 0 Å². The lowest BCUT2D eigenvalue weighted by atomic mass is 9.95. The molecule has 0 spiro atoms. The van der Waals surface area contributed by atoms with Crippen LogP contribution in [0.2, 0.25) is 0 Å². The Balaban J connectivity index is 3.72. The number of hydrogen-bond donors (Lipinski definition) is 0. The Morgan fingerprint density at radius 3 is 2.10 bits per heavy atom. The summed E-state index contributed by atoms with van der Waals surface area (Å²) >= 11 is 0. The lowest BCUT2D eigenvalue weighted by Gasteiger charge is -2.17. The largest absolute Gasteiger partial charge is 0.550 e. The predicted molar refractivity (Wildman–Crippen MR) is 38.2 cm³/mol. The molecule has 60 valence electrons. The first-order chi connectivity index (χ1) is 4.57. The van der Waals surface area contributed by atoms with E-state index in [9.17, 15) is 9.90 Å². The van der Waals surface area contributed by atoms with E-state index in [4.69, 9.17) is 0 Å². The van der Waals surface area contributed by atoms with Crippen LogP contribution in [-0.4, -0.2) is 5.97 Å². The highest BCUT2D eigenvalue weighted by Crippen LogP contribution is 2.13. The van der Waals surface area contributed by atoms with Crippen LogP contribution in [0.1, 0.15) is 33.6 Å². The predicted octanol–water partition coefficient (Wildman–Crippen LogP) is 0.809. The number of carbonyl (C=O) groups is 1. The molecule has 0 fully saturated rings. The van der Waals surface area contributed by atoms with Gasteiger partial charge in [0.1, 0.15) is 0 Å². The number of carbonyl (C=O) groups excluding carboxylic acids is 1. The van der Waals surface area contributed by atoms with Crippen molar-refractivity contribution >= 4 is 5.97 Å². The van der Waals surface area contributed by atoms with Crippen LogP contribution in [0.25, 0.3) is 0 Å². The van der Waals surface area contributed by atoms with E-state index in [0.717, 1.165) is 6.42 Å². The van der Waals surface area contributed by atoms with Gasteiger partial charge < -0.3 is 9.90 Å². The second-order valence-electron chi connectivity index (χ2n) is 3.05. The number of hydrogen-bond acceptors (Lipinski definition) is 2. The maximum atomic E-state index is 10.4. The van der Waals surface area contributed by atoms with E-state index in [0.29, 0.717) is 12.3 Å². The zero-order valence-electron chi connectivity index (χ0n) is 6.89. The van der Waals surface area contributed by atoms with Crippen molar-refractivity contribution in [2.75, 3.05) is 0 Å². The third-order valence-corrected chi connectivity index (χ3v) is 1.58. The van der Waals surface area contributed by atoms with Gasteiger partial charge in [0.05, 0.1) is 0 Å². The lowest BCUT2D eigenvalue weighted by molar-refractivity contribution is -0.312. The zero-order valence-corrected chi connectivity index (χ0v) is 6.89. The quantitative estimate of drug-likeness (QED) is 0.584. The minimum Gasteiger partial charge on any atom is -0.550 e. The molecule has 0 aliphatic carbocycles. The van der Waals surface area contributed by atoms with Crippen molar-refractivity contribution in [3.63, 3.8) is 0 Å². The molecule has 0 aromatic heterocycles. The maximum absolute atomic E-state index is 10.4. The fraction of sp³-hybridized carbons (Fsp3) is 0.875. The smallest absolute Gasteiger partial charge is 0.0445 e. The van der Waals surface area contributed by atoms with Gasteiger partial charge in [-0.15, -0.1) is 0 Å². The first-order valence-corrected chi connectivity index (χ1v) is 3.78. The van der Waals surface area contributed by atoms with E-state index >= 15 is 0 Å². The number of carboxylic acid groups (broad SMARTS) is 1. The van der Waals surface area contributed by atoms with E-state index in [2.05, 4.69) is 0 Å². The standard InChI is InChI=1S/C8H16O2/c1-4-7(8(9)10)5-6(2)3/h6-7H,4-5H2,1-3H3,(H,9,10)/p-1. The Morgan fingerprint density at radius 2 is 2.00 bits per heavy atom. The van der Waals surface area contributed by atoms with Gasteiger partial charge in [0.2, 0.25) is 0 Å². The fourth-order valence-corrected chi connectivity index (χ4v) is 0.999. The van der Waals surface area contributed by atoms with E-state index in [1.165, 1.54) is 0 Å². The summed E-state index contributed by atoms with van der Waals surface area (Å²) in [4.78, 5) is 10.4. The average molecular weight is 143 g/mol. The first-order valence-electron chi connectivity index (χ1n) is 3.78. The molecule has 0 bridgehead atoms. The molecule has 0 aromatic carbocycles. The minimum atomic E-state index is -0.906. The average Bonchev–Trinajstić information content (AvgIpc) is 1.81. The van der Waals surface area contributed by atoms with Crippen molar-refractivity contribution < 1.29 is 9.90 Å². The van der Waals surface area contributed by atoms with Crippen molar-refractivity contribution in [2.24, 2.45) is 11.8 Å². The molecular formula is C8H15O2-. The Labute approximate surface area is 62.2 Å². The molecule has 0 heterocycles. The molecule has 0 rings (SSSR count). The van der Waals surface area contributed by atoms with E-state index < -0.39 is 5.97 Å². The van der Waals surface area contributed by atoms with Crippen molar-refractivity contribution in [2.45, 2.75) is 33.6 Å². The van der Waals surface area contributed by atoms with E-state index in [-0.39, 0.29) is 5.92 Å². The van der Waals surface area contributed by atoms with Crippen molar-refractivity contribution in [1.29, 1.82) is 0 Å². The molecule has 0 radical (unpaired) electrons. The van der Waals surface area contributed by atoms with Gasteiger partial charge in [-0.05, 0) is 24.7 Å². The second-order valence-corrected chi connectivity index (χ2v) is 3.05. The van der Waals surface area contributed by atoms with E-state index in [1.54, 1.807) is 0 Å². The van der Waals surface area contributed by atoms with Gasteiger partial charge >= 0.3 is 0 Å². The van der Waals surface area contributed by atoms with Crippen molar-refractivity contribution in [3.8, 4) is 0 Å². The number of carboxylic acids is 1. The molecule has 0 aliphatic heterocycles. The Morgan fingerprint density at radius 1 is 1.50 bits per heavy atom. The van der Waals surface area contributed by atoms with E-state index in [1.807, 2.05) is 20.8 Å². The van der Waals surface area contributed by atoms with Crippen LogP contribution in [0, 0.1) is 11.8 Å². The molecule has 10 heavy (non-hydrogen) atoms. The lowest BCUT2D eigenvalue weighted by Crippen LogP contribution is -2.31. The summed E-state index contributed by atoms with van der Waals surface area (Å²) in [5.41, 5.74) is 0. The number of rotatable bonds is 4. The summed E-state index contributed by atoms with van der Waals surface area (Å²) in [6, 6.07) is 0. The topological polar surface area (TPSA) is 40.1 Å². The van der Waals surface area contributed by atoms with Gasteiger partial charge in [0.25, 0.3) is 0 Å². The van der Waals surface area contributed by atoms with Crippen LogP contribution < -0.4 is 5.11 Å². The molecule has 0 saturated heterocycles. The summed E-state index contributed by atoms with van der Waals surface area (Å²) in [6.07, 6.45) is 1.42. The minimum absolute atomic E-state index is 0.250. The second kappa shape index (κ2) is 4.31. The van der Waals surface area contributed by atoms with Crippen LogP contribution in [0.3, 0.4) is 0 Å². The Bertz CT molecular complexity index is 108.